The number of carbonyl (C=O) groups is 1. The predicted octanol–water partition coefficient (Wildman–Crippen LogP) is 0.779. The third-order valence-corrected chi connectivity index (χ3v) is 2.63. The zero-order valence-electron chi connectivity index (χ0n) is 8.13. The SMILES string of the molecule is CN1CCN(CCCC(=O)Cl)CC1. The smallest absolute Gasteiger partial charge is 0.221 e. The van der Waals surface area contributed by atoms with Gasteiger partial charge in [-0.05, 0) is 31.6 Å². The molecule has 0 unspecified atom stereocenters. The molecule has 13 heavy (non-hydrogen) atoms. The summed E-state index contributed by atoms with van der Waals surface area (Å²) in [6, 6.07) is 0. The third kappa shape index (κ3) is 4.60. The maximum atomic E-state index is 10.5. The normalized spacial score (nSPS) is 20.5. The summed E-state index contributed by atoms with van der Waals surface area (Å²) in [4.78, 5) is 15.2. The van der Waals surface area contributed by atoms with E-state index < -0.39 is 0 Å². The summed E-state index contributed by atoms with van der Waals surface area (Å²) < 4.78 is 0. The molecule has 0 N–H and O–H groups in total. The van der Waals surface area contributed by atoms with Gasteiger partial charge in [0.15, 0.2) is 0 Å². The number of likely N-dealkylation sites (N-methyl/N-ethyl adjacent to an activating group) is 1. The van der Waals surface area contributed by atoms with Crippen molar-refractivity contribution in [3.8, 4) is 0 Å². The summed E-state index contributed by atoms with van der Waals surface area (Å²) in [5.74, 6) is 0. The maximum Gasteiger partial charge on any atom is 0.221 e. The van der Waals surface area contributed by atoms with Crippen molar-refractivity contribution in [1.82, 2.24) is 9.80 Å². The van der Waals surface area contributed by atoms with E-state index in [4.69, 9.17) is 11.6 Å². The van der Waals surface area contributed by atoms with E-state index >= 15 is 0 Å². The van der Waals surface area contributed by atoms with E-state index in [1.807, 2.05) is 0 Å². The summed E-state index contributed by atoms with van der Waals surface area (Å²) in [7, 11) is 2.14. The van der Waals surface area contributed by atoms with Crippen LogP contribution in [-0.2, 0) is 4.79 Å². The molecule has 76 valence electrons. The summed E-state index contributed by atoms with van der Waals surface area (Å²) in [5.41, 5.74) is 0. The number of hydrogen-bond donors (Lipinski definition) is 0. The van der Waals surface area contributed by atoms with Crippen LogP contribution >= 0.6 is 11.6 Å². The quantitative estimate of drug-likeness (QED) is 0.633. The van der Waals surface area contributed by atoms with E-state index in [2.05, 4.69) is 16.8 Å². The number of hydrogen-bond acceptors (Lipinski definition) is 3. The lowest BCUT2D eigenvalue weighted by molar-refractivity contribution is -0.111. The second kappa shape index (κ2) is 5.58. The van der Waals surface area contributed by atoms with Gasteiger partial charge in [-0.1, -0.05) is 0 Å². The first-order valence-corrected chi connectivity index (χ1v) is 5.15. The molecule has 0 saturated carbocycles. The van der Waals surface area contributed by atoms with Crippen LogP contribution in [-0.4, -0.2) is 54.8 Å². The van der Waals surface area contributed by atoms with E-state index in [1.54, 1.807) is 0 Å². The molecule has 3 nitrogen and oxygen atoms in total. The van der Waals surface area contributed by atoms with Crippen LogP contribution < -0.4 is 0 Å². The highest BCUT2D eigenvalue weighted by atomic mass is 35.5. The average Bonchev–Trinajstić information content (AvgIpc) is 2.08. The minimum Gasteiger partial charge on any atom is -0.304 e. The van der Waals surface area contributed by atoms with Crippen LogP contribution in [0.15, 0.2) is 0 Å². The van der Waals surface area contributed by atoms with Crippen LogP contribution in [0.1, 0.15) is 12.8 Å². The second-order valence-corrected chi connectivity index (χ2v) is 4.03. The van der Waals surface area contributed by atoms with Gasteiger partial charge in [0.2, 0.25) is 5.24 Å². The van der Waals surface area contributed by atoms with E-state index in [0.29, 0.717) is 6.42 Å². The Balaban J connectivity index is 2.05. The fourth-order valence-corrected chi connectivity index (χ4v) is 1.65. The molecule has 0 amide bonds. The van der Waals surface area contributed by atoms with E-state index in [0.717, 1.165) is 39.1 Å². The Hall–Kier alpha value is -0.120. The molecule has 0 aromatic rings. The highest BCUT2D eigenvalue weighted by Crippen LogP contribution is 2.02. The molecule has 0 spiro atoms. The maximum absolute atomic E-state index is 10.5. The van der Waals surface area contributed by atoms with Crippen LogP contribution in [0.4, 0.5) is 0 Å². The molecule has 0 bridgehead atoms. The molecule has 0 aromatic carbocycles. The van der Waals surface area contributed by atoms with Gasteiger partial charge in [-0.25, -0.2) is 0 Å². The molecule has 1 aliphatic rings. The van der Waals surface area contributed by atoms with Gasteiger partial charge in [0.25, 0.3) is 0 Å². The zero-order valence-corrected chi connectivity index (χ0v) is 8.89. The first kappa shape index (κ1) is 11.0. The molecule has 1 heterocycles. The standard InChI is InChI=1S/C9H17ClN2O/c1-11-5-7-12(8-6-11)4-2-3-9(10)13/h2-8H2,1H3. The number of nitrogens with zero attached hydrogens (tertiary/aromatic N) is 2. The van der Waals surface area contributed by atoms with Crippen LogP contribution in [0.2, 0.25) is 0 Å². The molecule has 0 atom stereocenters. The Morgan fingerprint density at radius 3 is 2.46 bits per heavy atom. The Bertz CT molecular complexity index is 167. The van der Waals surface area contributed by atoms with Crippen LogP contribution in [0.25, 0.3) is 0 Å². The molecule has 0 aromatic heterocycles. The molecule has 1 aliphatic heterocycles. The van der Waals surface area contributed by atoms with Gasteiger partial charge in [-0.2, -0.15) is 0 Å². The molecular weight excluding hydrogens is 188 g/mol. The monoisotopic (exact) mass is 204 g/mol. The number of piperazine rings is 1. The van der Waals surface area contributed by atoms with Crippen LogP contribution in [0.3, 0.4) is 0 Å². The molecule has 1 saturated heterocycles. The number of carbonyl (C=O) groups excluding carboxylic acids is 1. The average molecular weight is 205 g/mol. The van der Waals surface area contributed by atoms with Crippen LogP contribution in [0, 0.1) is 0 Å². The van der Waals surface area contributed by atoms with Gasteiger partial charge in [0, 0.05) is 32.6 Å². The summed E-state index contributed by atoms with van der Waals surface area (Å²) >= 11 is 5.25. The van der Waals surface area contributed by atoms with Crippen molar-refractivity contribution in [2.45, 2.75) is 12.8 Å². The molecule has 1 fully saturated rings. The topological polar surface area (TPSA) is 23.6 Å². The summed E-state index contributed by atoms with van der Waals surface area (Å²) in [6.45, 7) is 5.51. The first-order chi connectivity index (χ1) is 6.18. The molecule has 0 aliphatic carbocycles. The fourth-order valence-electron chi connectivity index (χ4n) is 1.51. The van der Waals surface area contributed by atoms with Crippen LogP contribution in [0.5, 0.6) is 0 Å². The van der Waals surface area contributed by atoms with Crippen molar-refractivity contribution in [2.75, 3.05) is 39.8 Å². The predicted molar refractivity (Wildman–Crippen MR) is 54.0 cm³/mol. The van der Waals surface area contributed by atoms with Gasteiger partial charge in [0.1, 0.15) is 0 Å². The van der Waals surface area contributed by atoms with Gasteiger partial charge in [-0.15, -0.1) is 0 Å². The number of halogens is 1. The lowest BCUT2D eigenvalue weighted by atomic mass is 10.2. The summed E-state index contributed by atoms with van der Waals surface area (Å²) in [6.07, 6.45) is 1.40. The molecule has 0 radical (unpaired) electrons. The minimum atomic E-state index is -0.214. The molecule has 4 heteroatoms. The van der Waals surface area contributed by atoms with Crippen molar-refractivity contribution in [1.29, 1.82) is 0 Å². The van der Waals surface area contributed by atoms with E-state index in [9.17, 15) is 4.79 Å². The Morgan fingerprint density at radius 1 is 1.31 bits per heavy atom. The highest BCUT2D eigenvalue weighted by molar-refractivity contribution is 6.63. The lowest BCUT2D eigenvalue weighted by Crippen LogP contribution is -2.44. The highest BCUT2D eigenvalue weighted by Gasteiger charge is 2.12. The largest absolute Gasteiger partial charge is 0.304 e. The first-order valence-electron chi connectivity index (χ1n) is 4.78. The third-order valence-electron chi connectivity index (χ3n) is 2.44. The van der Waals surface area contributed by atoms with Crippen molar-refractivity contribution in [3.63, 3.8) is 0 Å². The van der Waals surface area contributed by atoms with Gasteiger partial charge >= 0.3 is 0 Å². The van der Waals surface area contributed by atoms with Gasteiger partial charge in [0.05, 0.1) is 0 Å². The van der Waals surface area contributed by atoms with Crippen molar-refractivity contribution >= 4 is 16.8 Å². The van der Waals surface area contributed by atoms with Crippen molar-refractivity contribution in [2.24, 2.45) is 0 Å². The van der Waals surface area contributed by atoms with E-state index in [-0.39, 0.29) is 5.24 Å². The summed E-state index contributed by atoms with van der Waals surface area (Å²) in [5, 5.41) is -0.214. The van der Waals surface area contributed by atoms with Gasteiger partial charge < -0.3 is 9.80 Å². The van der Waals surface area contributed by atoms with Crippen molar-refractivity contribution in [3.05, 3.63) is 0 Å². The Kier molecular flexibility index (Phi) is 4.70. The van der Waals surface area contributed by atoms with Crippen molar-refractivity contribution < 1.29 is 4.79 Å². The minimum absolute atomic E-state index is 0.214. The van der Waals surface area contributed by atoms with E-state index in [1.165, 1.54) is 0 Å². The molecular formula is C9H17ClN2O. The van der Waals surface area contributed by atoms with Gasteiger partial charge in [-0.3, -0.25) is 4.79 Å². The molecule has 1 rings (SSSR count). The lowest BCUT2D eigenvalue weighted by Gasteiger charge is -2.32. The zero-order chi connectivity index (χ0) is 9.68. The Morgan fingerprint density at radius 2 is 1.92 bits per heavy atom. The fraction of sp³-hybridized carbons (Fsp3) is 0.889. The number of rotatable bonds is 4. The Labute approximate surface area is 84.6 Å². The second-order valence-electron chi connectivity index (χ2n) is 3.60.